The maximum Gasteiger partial charge on any atom is 0.328 e. The Morgan fingerprint density at radius 3 is 2.59 bits per heavy atom. The van der Waals surface area contributed by atoms with Crippen LogP contribution < -0.4 is 9.47 Å². The number of carbonyl (C=O) groups excluding carboxylic acids is 3. The number of carbonyl (C=O) groups is 3. The number of ether oxygens (including phenoxy) is 3. The average Bonchev–Trinajstić information content (AvgIpc) is 3.05. The Balaban J connectivity index is 1.84. The van der Waals surface area contributed by atoms with E-state index in [1.54, 1.807) is 18.2 Å². The van der Waals surface area contributed by atoms with E-state index in [4.69, 9.17) is 9.47 Å². The molecule has 168 valence electrons. The van der Waals surface area contributed by atoms with Crippen LogP contribution in [-0.2, 0) is 20.9 Å². The first kappa shape index (κ1) is 23.9. The Morgan fingerprint density at radius 1 is 1.19 bits per heavy atom. The number of amides is 2. The summed E-state index contributed by atoms with van der Waals surface area (Å²) in [4.78, 5) is 37.9. The number of halogens is 1. The van der Waals surface area contributed by atoms with Gasteiger partial charge in [-0.1, -0.05) is 45.8 Å². The molecule has 0 saturated carbocycles. The van der Waals surface area contributed by atoms with Gasteiger partial charge in [0.1, 0.15) is 12.6 Å². The van der Waals surface area contributed by atoms with E-state index in [-0.39, 0.29) is 4.91 Å². The standard InChI is InChI=1S/C23H22BrNO6S/c1-13-6-5-7-15(8-13)12-31-19-11-17(24)16(9-18(19)29-3)10-20-21(26)25(23(28)32-20)14(2)22(27)30-4/h5-11,14H,12H2,1-4H3/b20-10+/t14-/m0/s1. The number of aryl methyl sites for hydroxylation is 1. The molecule has 1 fully saturated rings. The van der Waals surface area contributed by atoms with Crippen LogP contribution in [0.15, 0.2) is 45.8 Å². The van der Waals surface area contributed by atoms with Crippen LogP contribution in [0.5, 0.6) is 11.5 Å². The smallest absolute Gasteiger partial charge is 0.328 e. The first-order valence-corrected chi connectivity index (χ1v) is 11.3. The van der Waals surface area contributed by atoms with Gasteiger partial charge in [-0.2, -0.15) is 0 Å². The summed E-state index contributed by atoms with van der Waals surface area (Å²) in [7, 11) is 2.73. The molecule has 32 heavy (non-hydrogen) atoms. The highest BCUT2D eigenvalue weighted by atomic mass is 79.9. The maximum atomic E-state index is 12.7. The van der Waals surface area contributed by atoms with E-state index in [2.05, 4.69) is 20.7 Å². The van der Waals surface area contributed by atoms with Gasteiger partial charge in [0, 0.05) is 4.47 Å². The van der Waals surface area contributed by atoms with E-state index in [0.717, 1.165) is 27.8 Å². The zero-order valence-corrected chi connectivity index (χ0v) is 20.4. The van der Waals surface area contributed by atoms with Gasteiger partial charge in [0.05, 0.1) is 19.1 Å². The predicted octanol–water partition coefficient (Wildman–Crippen LogP) is 4.94. The zero-order valence-electron chi connectivity index (χ0n) is 18.0. The van der Waals surface area contributed by atoms with E-state index < -0.39 is 23.2 Å². The molecule has 3 rings (SSSR count). The van der Waals surface area contributed by atoms with Gasteiger partial charge >= 0.3 is 5.97 Å². The van der Waals surface area contributed by atoms with E-state index in [0.29, 0.717) is 28.1 Å². The van der Waals surface area contributed by atoms with Crippen molar-refractivity contribution in [1.82, 2.24) is 4.90 Å². The summed E-state index contributed by atoms with van der Waals surface area (Å²) in [6, 6.07) is 10.5. The van der Waals surface area contributed by atoms with Crippen LogP contribution in [0, 0.1) is 6.92 Å². The van der Waals surface area contributed by atoms with Crippen molar-refractivity contribution in [1.29, 1.82) is 0 Å². The molecule has 0 N–H and O–H groups in total. The van der Waals surface area contributed by atoms with Crippen molar-refractivity contribution in [2.24, 2.45) is 0 Å². The molecule has 0 unspecified atom stereocenters. The van der Waals surface area contributed by atoms with Gasteiger partial charge < -0.3 is 14.2 Å². The van der Waals surface area contributed by atoms with E-state index in [1.807, 2.05) is 31.2 Å². The summed E-state index contributed by atoms with van der Waals surface area (Å²) in [5.41, 5.74) is 2.80. The lowest BCUT2D eigenvalue weighted by Gasteiger charge is -2.18. The Bertz CT molecular complexity index is 1100. The van der Waals surface area contributed by atoms with E-state index in [1.165, 1.54) is 21.1 Å². The van der Waals surface area contributed by atoms with Crippen molar-refractivity contribution in [2.45, 2.75) is 26.5 Å². The number of benzene rings is 2. The largest absolute Gasteiger partial charge is 0.493 e. The lowest BCUT2D eigenvalue weighted by molar-refractivity contribution is -0.148. The van der Waals surface area contributed by atoms with Gasteiger partial charge in [-0.3, -0.25) is 14.5 Å². The molecule has 7 nitrogen and oxygen atoms in total. The fourth-order valence-corrected chi connectivity index (χ4v) is 4.46. The van der Waals surface area contributed by atoms with Crippen LogP contribution in [0.25, 0.3) is 6.08 Å². The van der Waals surface area contributed by atoms with Gasteiger partial charge in [0.25, 0.3) is 11.1 Å². The second-order valence-electron chi connectivity index (χ2n) is 7.05. The molecule has 9 heteroatoms. The number of rotatable bonds is 7. The molecule has 1 atom stereocenters. The maximum absolute atomic E-state index is 12.7. The van der Waals surface area contributed by atoms with Gasteiger partial charge in [-0.05, 0) is 54.9 Å². The fourth-order valence-electron chi connectivity index (χ4n) is 3.13. The van der Waals surface area contributed by atoms with Gasteiger partial charge in [-0.15, -0.1) is 0 Å². The minimum absolute atomic E-state index is 0.196. The highest BCUT2D eigenvalue weighted by Gasteiger charge is 2.41. The van der Waals surface area contributed by atoms with Crippen molar-refractivity contribution in [2.75, 3.05) is 14.2 Å². The molecule has 0 aromatic heterocycles. The molecule has 0 aliphatic carbocycles. The van der Waals surface area contributed by atoms with E-state index >= 15 is 0 Å². The summed E-state index contributed by atoms with van der Waals surface area (Å²) in [5.74, 6) is -0.199. The first-order chi connectivity index (χ1) is 15.2. The minimum atomic E-state index is -1.01. The molecule has 2 amide bonds. The third-order valence-electron chi connectivity index (χ3n) is 4.80. The van der Waals surface area contributed by atoms with Crippen molar-refractivity contribution < 1.29 is 28.6 Å². The summed E-state index contributed by atoms with van der Waals surface area (Å²) >= 11 is 4.26. The highest BCUT2D eigenvalue weighted by Crippen LogP contribution is 2.38. The Morgan fingerprint density at radius 2 is 1.94 bits per heavy atom. The van der Waals surface area contributed by atoms with Crippen LogP contribution in [0.2, 0.25) is 0 Å². The highest BCUT2D eigenvalue weighted by molar-refractivity contribution is 9.10. The van der Waals surface area contributed by atoms with Crippen molar-refractivity contribution in [3.63, 3.8) is 0 Å². The van der Waals surface area contributed by atoms with E-state index in [9.17, 15) is 14.4 Å². The summed E-state index contributed by atoms with van der Waals surface area (Å²) in [6.45, 7) is 3.83. The molecular weight excluding hydrogens is 498 g/mol. The molecule has 2 aromatic carbocycles. The fraction of sp³-hybridized carbons (Fsp3) is 0.261. The van der Waals surface area contributed by atoms with Crippen molar-refractivity contribution in [3.8, 4) is 11.5 Å². The molecule has 1 aliphatic rings. The monoisotopic (exact) mass is 519 g/mol. The lowest BCUT2D eigenvalue weighted by atomic mass is 10.1. The van der Waals surface area contributed by atoms with Crippen molar-refractivity contribution in [3.05, 3.63) is 62.5 Å². The predicted molar refractivity (Wildman–Crippen MR) is 125 cm³/mol. The second-order valence-corrected chi connectivity index (χ2v) is 8.90. The third-order valence-corrected chi connectivity index (χ3v) is 6.37. The first-order valence-electron chi connectivity index (χ1n) is 9.66. The van der Waals surface area contributed by atoms with Crippen molar-refractivity contribution >= 4 is 50.9 Å². The van der Waals surface area contributed by atoms with Crippen LogP contribution >= 0.6 is 27.7 Å². The number of esters is 1. The van der Waals surface area contributed by atoms with Crippen LogP contribution in [0.1, 0.15) is 23.6 Å². The number of hydrogen-bond donors (Lipinski definition) is 0. The Hall–Kier alpha value is -2.78. The van der Waals surface area contributed by atoms with Gasteiger partial charge in [0.15, 0.2) is 11.5 Å². The SMILES string of the molecule is COC(=O)[C@H](C)N1C(=O)S/C(=C/c2cc(OC)c(OCc3cccc(C)c3)cc2Br)C1=O. The second kappa shape index (κ2) is 10.2. The Labute approximate surface area is 198 Å². The average molecular weight is 520 g/mol. The third kappa shape index (κ3) is 5.16. The number of methoxy groups -OCH3 is 2. The summed E-state index contributed by atoms with van der Waals surface area (Å²) < 4.78 is 16.7. The van der Waals surface area contributed by atoms with Crippen LogP contribution in [0.3, 0.4) is 0 Å². The number of nitrogens with zero attached hydrogens (tertiary/aromatic N) is 1. The number of thioether (sulfide) groups is 1. The Kier molecular flexibility index (Phi) is 7.63. The number of hydrogen-bond acceptors (Lipinski definition) is 7. The quantitative estimate of drug-likeness (QED) is 0.378. The lowest BCUT2D eigenvalue weighted by Crippen LogP contribution is -2.42. The van der Waals surface area contributed by atoms with Crippen LogP contribution in [-0.4, -0.2) is 42.3 Å². The van der Waals surface area contributed by atoms with Gasteiger partial charge in [0.2, 0.25) is 0 Å². The van der Waals surface area contributed by atoms with Crippen LogP contribution in [0.4, 0.5) is 4.79 Å². The molecular formula is C23H22BrNO6S. The molecule has 0 bridgehead atoms. The summed E-state index contributed by atoms with van der Waals surface area (Å²) in [6.07, 6.45) is 1.58. The molecule has 1 heterocycles. The molecule has 2 aromatic rings. The molecule has 1 aliphatic heterocycles. The van der Waals surface area contributed by atoms with Gasteiger partial charge in [-0.25, -0.2) is 4.79 Å². The molecule has 1 saturated heterocycles. The molecule has 0 radical (unpaired) electrons. The summed E-state index contributed by atoms with van der Waals surface area (Å²) in [5, 5.41) is -0.527. The topological polar surface area (TPSA) is 82.1 Å². The normalized spacial score (nSPS) is 15.8. The molecule has 0 spiro atoms. The number of imide groups is 1. The minimum Gasteiger partial charge on any atom is -0.493 e. The zero-order chi connectivity index (χ0) is 23.4.